The molecule has 3 aromatic rings. The molecule has 0 aliphatic carbocycles. The summed E-state index contributed by atoms with van der Waals surface area (Å²) in [5, 5.41) is 0. The van der Waals surface area contributed by atoms with Crippen LogP contribution in [0, 0.1) is 13.8 Å². The van der Waals surface area contributed by atoms with Crippen LogP contribution in [0.3, 0.4) is 0 Å². The van der Waals surface area contributed by atoms with Gasteiger partial charge >= 0.3 is 0 Å². The number of fused-ring (bicyclic) bond motifs is 3. The lowest BCUT2D eigenvalue weighted by Gasteiger charge is -1.99. The molecule has 0 spiro atoms. The van der Waals surface area contributed by atoms with Crippen molar-refractivity contribution in [3.05, 3.63) is 41.7 Å². The standard InChI is InChI=1S/C12H11N3/c1-8-6-10-11(7-9(8)2)15-5-3-4-13-12(15)14-10/h3-7H,1-2H3. The van der Waals surface area contributed by atoms with E-state index in [1.807, 2.05) is 16.7 Å². The van der Waals surface area contributed by atoms with Crippen molar-refractivity contribution in [2.45, 2.75) is 13.8 Å². The van der Waals surface area contributed by atoms with Crippen molar-refractivity contribution in [2.75, 3.05) is 0 Å². The second-order valence-corrected chi connectivity index (χ2v) is 3.83. The number of benzene rings is 1. The van der Waals surface area contributed by atoms with Crippen LogP contribution in [0.5, 0.6) is 0 Å². The van der Waals surface area contributed by atoms with Gasteiger partial charge in [-0.1, -0.05) is 0 Å². The lowest BCUT2D eigenvalue weighted by molar-refractivity contribution is 1.13. The minimum Gasteiger partial charge on any atom is -0.284 e. The van der Waals surface area contributed by atoms with E-state index in [2.05, 4.69) is 35.9 Å². The normalized spacial score (nSPS) is 11.3. The molecule has 0 saturated heterocycles. The smallest absolute Gasteiger partial charge is 0.234 e. The predicted molar refractivity (Wildman–Crippen MR) is 60.0 cm³/mol. The van der Waals surface area contributed by atoms with Crippen molar-refractivity contribution in [1.29, 1.82) is 0 Å². The van der Waals surface area contributed by atoms with Gasteiger partial charge in [0, 0.05) is 12.4 Å². The fourth-order valence-corrected chi connectivity index (χ4v) is 1.81. The molecule has 0 bridgehead atoms. The molecule has 0 radical (unpaired) electrons. The molecule has 3 nitrogen and oxygen atoms in total. The molecule has 0 atom stereocenters. The average Bonchev–Trinajstić information content (AvgIpc) is 2.57. The highest BCUT2D eigenvalue weighted by atomic mass is 15.1. The molecule has 0 N–H and O–H groups in total. The molecule has 0 aliphatic heterocycles. The Bertz CT molecular complexity index is 652. The van der Waals surface area contributed by atoms with Gasteiger partial charge in [0.25, 0.3) is 0 Å². The summed E-state index contributed by atoms with van der Waals surface area (Å²) in [4.78, 5) is 8.70. The predicted octanol–water partition coefficient (Wildman–Crippen LogP) is 2.50. The molecule has 2 heterocycles. The van der Waals surface area contributed by atoms with Crippen molar-refractivity contribution < 1.29 is 0 Å². The summed E-state index contributed by atoms with van der Waals surface area (Å²) in [6, 6.07) is 6.19. The van der Waals surface area contributed by atoms with Crippen molar-refractivity contribution in [3.63, 3.8) is 0 Å². The van der Waals surface area contributed by atoms with Crippen LogP contribution in [0.4, 0.5) is 0 Å². The Balaban J connectivity index is 2.56. The third-order valence-corrected chi connectivity index (χ3v) is 2.80. The minimum absolute atomic E-state index is 0.762. The van der Waals surface area contributed by atoms with Crippen LogP contribution in [-0.4, -0.2) is 14.4 Å². The second-order valence-electron chi connectivity index (χ2n) is 3.83. The Morgan fingerprint density at radius 1 is 1.13 bits per heavy atom. The van der Waals surface area contributed by atoms with Crippen molar-refractivity contribution >= 4 is 16.8 Å². The SMILES string of the molecule is Cc1cc2nc3ncccn3c2cc1C. The van der Waals surface area contributed by atoms with Gasteiger partial charge in [0.1, 0.15) is 0 Å². The Hall–Kier alpha value is -1.90. The Morgan fingerprint density at radius 2 is 1.93 bits per heavy atom. The van der Waals surface area contributed by atoms with Gasteiger partial charge in [-0.3, -0.25) is 4.40 Å². The molecule has 3 heteroatoms. The quantitative estimate of drug-likeness (QED) is 0.554. The number of nitrogens with zero attached hydrogens (tertiary/aromatic N) is 3. The first-order valence-electron chi connectivity index (χ1n) is 4.96. The molecule has 0 amide bonds. The highest BCUT2D eigenvalue weighted by Crippen LogP contribution is 2.19. The summed E-state index contributed by atoms with van der Waals surface area (Å²) in [7, 11) is 0. The average molecular weight is 197 g/mol. The molecule has 0 unspecified atom stereocenters. The Kier molecular flexibility index (Phi) is 1.57. The van der Waals surface area contributed by atoms with E-state index >= 15 is 0 Å². The van der Waals surface area contributed by atoms with E-state index < -0.39 is 0 Å². The zero-order chi connectivity index (χ0) is 10.4. The molecular formula is C12H11N3. The van der Waals surface area contributed by atoms with Crippen LogP contribution in [0.15, 0.2) is 30.6 Å². The largest absolute Gasteiger partial charge is 0.284 e. The number of rotatable bonds is 0. The fraction of sp³-hybridized carbons (Fsp3) is 0.167. The lowest BCUT2D eigenvalue weighted by Crippen LogP contribution is -1.86. The summed E-state index contributed by atoms with van der Waals surface area (Å²) < 4.78 is 2.02. The van der Waals surface area contributed by atoms with Gasteiger partial charge in [-0.2, -0.15) is 0 Å². The number of imidazole rings is 1. The summed E-state index contributed by atoms with van der Waals surface area (Å²) in [6.07, 6.45) is 3.76. The molecule has 2 aromatic heterocycles. The molecule has 1 aromatic carbocycles. The van der Waals surface area contributed by atoms with Crippen LogP contribution < -0.4 is 0 Å². The van der Waals surface area contributed by atoms with Crippen LogP contribution in [0.2, 0.25) is 0 Å². The zero-order valence-electron chi connectivity index (χ0n) is 8.73. The van der Waals surface area contributed by atoms with Gasteiger partial charge in [-0.25, -0.2) is 9.97 Å². The van der Waals surface area contributed by atoms with Crippen molar-refractivity contribution in [2.24, 2.45) is 0 Å². The van der Waals surface area contributed by atoms with Crippen LogP contribution in [0.25, 0.3) is 16.8 Å². The second kappa shape index (κ2) is 2.79. The third-order valence-electron chi connectivity index (χ3n) is 2.80. The van der Waals surface area contributed by atoms with E-state index in [1.165, 1.54) is 11.1 Å². The van der Waals surface area contributed by atoms with E-state index in [1.54, 1.807) is 6.20 Å². The highest BCUT2D eigenvalue weighted by Gasteiger charge is 2.05. The van der Waals surface area contributed by atoms with E-state index in [0.717, 1.165) is 16.8 Å². The molecule has 15 heavy (non-hydrogen) atoms. The van der Waals surface area contributed by atoms with Crippen LogP contribution >= 0.6 is 0 Å². The first-order chi connectivity index (χ1) is 7.25. The monoisotopic (exact) mass is 197 g/mol. The zero-order valence-corrected chi connectivity index (χ0v) is 8.73. The topological polar surface area (TPSA) is 30.2 Å². The molecule has 0 aliphatic rings. The maximum atomic E-state index is 4.47. The van der Waals surface area contributed by atoms with Gasteiger partial charge < -0.3 is 0 Å². The Morgan fingerprint density at radius 3 is 2.80 bits per heavy atom. The maximum Gasteiger partial charge on any atom is 0.234 e. The van der Waals surface area contributed by atoms with Crippen molar-refractivity contribution in [1.82, 2.24) is 14.4 Å². The minimum atomic E-state index is 0.762. The van der Waals surface area contributed by atoms with E-state index in [9.17, 15) is 0 Å². The lowest BCUT2D eigenvalue weighted by atomic mass is 10.1. The van der Waals surface area contributed by atoms with E-state index in [-0.39, 0.29) is 0 Å². The van der Waals surface area contributed by atoms with Crippen LogP contribution in [-0.2, 0) is 0 Å². The summed E-state index contributed by atoms with van der Waals surface area (Å²) in [5.41, 5.74) is 4.69. The molecular weight excluding hydrogens is 186 g/mol. The summed E-state index contributed by atoms with van der Waals surface area (Å²) in [6.45, 7) is 4.22. The van der Waals surface area contributed by atoms with Crippen molar-refractivity contribution in [3.8, 4) is 0 Å². The van der Waals surface area contributed by atoms with Gasteiger partial charge in [0.15, 0.2) is 0 Å². The van der Waals surface area contributed by atoms with Gasteiger partial charge in [-0.05, 0) is 43.2 Å². The van der Waals surface area contributed by atoms with Crippen LogP contribution in [0.1, 0.15) is 11.1 Å². The number of hydrogen-bond donors (Lipinski definition) is 0. The van der Waals surface area contributed by atoms with Gasteiger partial charge in [-0.15, -0.1) is 0 Å². The number of hydrogen-bond acceptors (Lipinski definition) is 2. The summed E-state index contributed by atoms with van der Waals surface area (Å²) >= 11 is 0. The third kappa shape index (κ3) is 1.13. The maximum absolute atomic E-state index is 4.47. The van der Waals surface area contributed by atoms with Gasteiger partial charge in [0.05, 0.1) is 11.0 Å². The highest BCUT2D eigenvalue weighted by molar-refractivity contribution is 5.81. The van der Waals surface area contributed by atoms with E-state index in [0.29, 0.717) is 0 Å². The molecule has 74 valence electrons. The summed E-state index contributed by atoms with van der Waals surface area (Å²) in [5.74, 6) is 0.762. The molecule has 0 fully saturated rings. The van der Waals surface area contributed by atoms with Gasteiger partial charge in [0.2, 0.25) is 5.78 Å². The first kappa shape index (κ1) is 8.41. The Labute approximate surface area is 87.4 Å². The fourth-order valence-electron chi connectivity index (χ4n) is 1.81. The number of aryl methyl sites for hydroxylation is 2. The first-order valence-corrected chi connectivity index (χ1v) is 4.96. The molecule has 0 saturated carbocycles. The molecule has 3 rings (SSSR count). The van der Waals surface area contributed by atoms with E-state index in [4.69, 9.17) is 0 Å². The number of aromatic nitrogens is 3.